The van der Waals surface area contributed by atoms with Gasteiger partial charge in [0.05, 0.1) is 84.2 Å². The van der Waals surface area contributed by atoms with Gasteiger partial charge in [-0.15, -0.1) is 0 Å². The smallest absolute Gasteiger partial charge is 0.295 e. The summed E-state index contributed by atoms with van der Waals surface area (Å²) in [5.74, 6) is -0.315. The molecule has 658 valence electrons. The molecule has 0 bridgehead atoms. The fourth-order valence-electron chi connectivity index (χ4n) is 16.0. The highest BCUT2D eigenvalue weighted by molar-refractivity contribution is 7.91. The Balaban J connectivity index is 0.000000145. The van der Waals surface area contributed by atoms with Crippen LogP contribution in [0.2, 0.25) is 5.15 Å². The minimum atomic E-state index is -3.67. The van der Waals surface area contributed by atoms with Gasteiger partial charge in [-0.3, -0.25) is 24.1 Å². The normalized spacial score (nSPS) is 18.8. The van der Waals surface area contributed by atoms with Gasteiger partial charge < -0.3 is 45.4 Å². The first kappa shape index (κ1) is 90.1. The van der Waals surface area contributed by atoms with Gasteiger partial charge in [-0.05, 0) is 219 Å². The van der Waals surface area contributed by atoms with E-state index in [2.05, 4.69) is 55.8 Å². The molecule has 124 heavy (non-hydrogen) atoms. The molecule has 11 aromatic rings. The molecule has 5 fully saturated rings. The number of hydrogen-bond acceptors (Lipinski definition) is 24. The Kier molecular flexibility index (Phi) is 28.8. The van der Waals surface area contributed by atoms with E-state index in [1.54, 1.807) is 54.6 Å². The standard InChI is InChI=1S/C31H35F2N5O4S.C27H28F2N4O3S.C24H27ClF2N4O4S.C6H8N2/c1-19-8-7-9-21(34-19)17-22-18-24(28-30(35-22)38(31(37-28)29(32)33)27-11-4-6-15-42-27)36-23-13-12-20(16-26(23)43(2,39)40)25-10-3-5-14-41-25;1-16-6-5-7-18(30-16)13-19-14-21(26-22(31-19)15-23(33-26)27(28)29)32-20-10-9-17(12-25(20)37(2,34)35)24-8-3-4-11-36-24;1-36(32,33)18-12-14(17-6-2-4-10-34-17)8-9-15(18)28-16-13-19(25)29-23-21(16)30-24(22(26)27)31(23)20-7-3-5-11-35-20;1-5-3-2-4-6(7)8-5/h7-9,12-13,16,18,25,27,29H,3-6,10-11,14-15,17H2,1-2H3,(H,35,36);5-7,9-10,12,14,24,27H,3-4,8,11,13,15H2,1-2H3,(H,31,32);8-9,12-13,17,20,22H,2-7,10-11H2,1H3,(H,28,29);2-4H,1H3,(H2,7,8). The van der Waals surface area contributed by atoms with Crippen LogP contribution in [-0.4, -0.2) is 138 Å². The summed E-state index contributed by atoms with van der Waals surface area (Å²) in [4.78, 5) is 39.7. The summed E-state index contributed by atoms with van der Waals surface area (Å²) in [6, 6.07) is 37.3. The van der Waals surface area contributed by atoms with Crippen molar-refractivity contribution in [2.24, 2.45) is 4.99 Å². The lowest BCUT2D eigenvalue weighted by Gasteiger charge is -2.25. The minimum absolute atomic E-state index is 0.0518. The number of rotatable bonds is 21. The monoisotopic (exact) mass is 1790 g/mol. The average molecular weight is 1790 g/mol. The first-order valence-electron chi connectivity index (χ1n) is 41.3. The molecule has 6 aliphatic heterocycles. The third-order valence-corrected chi connectivity index (χ3v) is 25.4. The fourth-order valence-corrected chi connectivity index (χ4v) is 18.8. The van der Waals surface area contributed by atoms with E-state index in [0.29, 0.717) is 110 Å². The van der Waals surface area contributed by atoms with E-state index in [-0.39, 0.29) is 84.0 Å². The van der Waals surface area contributed by atoms with Crippen molar-refractivity contribution in [3.8, 4) is 0 Å². The molecule has 0 amide bonds. The first-order valence-corrected chi connectivity index (χ1v) is 47.3. The summed E-state index contributed by atoms with van der Waals surface area (Å²) in [7, 11) is -10.9. The maximum atomic E-state index is 14.4. The molecule has 0 saturated carbocycles. The lowest BCUT2D eigenvalue weighted by molar-refractivity contribution is -0.0363. The van der Waals surface area contributed by atoms with Crippen molar-refractivity contribution in [3.63, 3.8) is 0 Å². The van der Waals surface area contributed by atoms with Crippen molar-refractivity contribution < 1.29 is 75.3 Å². The molecule has 0 aliphatic carbocycles. The van der Waals surface area contributed by atoms with E-state index in [4.69, 9.17) is 46.0 Å². The van der Waals surface area contributed by atoms with Crippen LogP contribution in [0.5, 0.6) is 0 Å². The number of nitrogens with zero attached hydrogens (tertiary/aromatic N) is 11. The summed E-state index contributed by atoms with van der Waals surface area (Å²) < 4.78 is 193. The van der Waals surface area contributed by atoms with Crippen molar-refractivity contribution in [3.05, 3.63) is 206 Å². The van der Waals surface area contributed by atoms with E-state index in [1.165, 1.54) is 15.2 Å². The number of imidazole rings is 2. The van der Waals surface area contributed by atoms with Crippen LogP contribution >= 0.6 is 11.6 Å². The summed E-state index contributed by atoms with van der Waals surface area (Å²) in [5.41, 5.74) is 16.4. The number of aryl methyl sites for hydroxylation is 3. The number of sulfone groups is 3. The van der Waals surface area contributed by atoms with Crippen molar-refractivity contribution >= 4 is 115 Å². The van der Waals surface area contributed by atoms with E-state index >= 15 is 0 Å². The van der Waals surface area contributed by atoms with Crippen LogP contribution in [0.25, 0.3) is 22.3 Å². The number of fused-ring (bicyclic) bond motifs is 3. The van der Waals surface area contributed by atoms with Gasteiger partial charge in [0, 0.05) is 111 Å². The van der Waals surface area contributed by atoms with Crippen molar-refractivity contribution in [2.75, 3.05) is 73.5 Å². The van der Waals surface area contributed by atoms with Gasteiger partial charge in [0.25, 0.3) is 19.3 Å². The average Bonchev–Trinajstić information content (AvgIpc) is 1.42. The second-order valence-corrected chi connectivity index (χ2v) is 37.9. The topological polar surface area (TPSA) is 336 Å². The second kappa shape index (κ2) is 39.6. The number of nitrogens with one attached hydrogen (secondary N) is 3. The van der Waals surface area contributed by atoms with Crippen LogP contribution in [0.3, 0.4) is 0 Å². The fraction of sp³-hybridized carbons (Fsp3) is 0.420. The molecular formula is C88H98ClF6N15O11S3. The Morgan fingerprint density at radius 1 is 0.419 bits per heavy atom. The minimum Gasteiger partial charge on any atom is -0.384 e. The molecule has 14 heterocycles. The van der Waals surface area contributed by atoms with Gasteiger partial charge in [0.1, 0.15) is 40.1 Å². The van der Waals surface area contributed by atoms with Crippen LogP contribution in [0.4, 0.5) is 72.0 Å². The van der Waals surface area contributed by atoms with Gasteiger partial charge in [-0.1, -0.05) is 48.0 Å². The van der Waals surface area contributed by atoms with Crippen molar-refractivity contribution in [1.29, 1.82) is 0 Å². The van der Waals surface area contributed by atoms with Crippen LogP contribution in [0.1, 0.15) is 214 Å². The maximum Gasteiger partial charge on any atom is 0.295 e. The number of alkyl halides is 6. The number of ether oxygens (including phenoxy) is 5. The number of anilines is 7. The highest BCUT2D eigenvalue weighted by Crippen LogP contribution is 2.45. The van der Waals surface area contributed by atoms with Gasteiger partial charge in [0.2, 0.25) is 0 Å². The Morgan fingerprint density at radius 3 is 1.18 bits per heavy atom. The number of aromatic nitrogens is 10. The molecule has 26 nitrogen and oxygen atoms in total. The highest BCUT2D eigenvalue weighted by atomic mass is 35.5. The summed E-state index contributed by atoms with van der Waals surface area (Å²) in [6.45, 7) is 8.52. The number of hydrogen-bond donors (Lipinski definition) is 4. The lowest BCUT2D eigenvalue weighted by atomic mass is 10.0. The lowest BCUT2D eigenvalue weighted by Crippen LogP contribution is -2.20. The molecule has 5 unspecified atom stereocenters. The van der Waals surface area contributed by atoms with E-state index in [0.717, 1.165) is 147 Å². The second-order valence-electron chi connectivity index (χ2n) is 31.6. The Labute approximate surface area is 720 Å². The number of nitrogen functional groups attached to an aromatic ring is 1. The Bertz CT molecular complexity index is 6060. The predicted octanol–water partition coefficient (Wildman–Crippen LogP) is 19.5. The van der Waals surface area contributed by atoms with Gasteiger partial charge in [-0.2, -0.15) is 0 Å². The molecule has 36 heteroatoms. The number of benzene rings is 3. The van der Waals surface area contributed by atoms with Crippen LogP contribution in [0, 0.1) is 20.8 Å². The molecule has 17 rings (SSSR count). The van der Waals surface area contributed by atoms with Gasteiger partial charge in [-0.25, -0.2) is 81.5 Å². The first-order chi connectivity index (χ1) is 59.3. The third kappa shape index (κ3) is 22.2. The predicted molar refractivity (Wildman–Crippen MR) is 462 cm³/mol. The quantitative estimate of drug-likeness (QED) is 0.0383. The summed E-state index contributed by atoms with van der Waals surface area (Å²) in [5, 5.41) is 9.53. The van der Waals surface area contributed by atoms with Crippen LogP contribution in [0.15, 0.2) is 147 Å². The maximum absolute atomic E-state index is 14.4. The number of pyridine rings is 6. The zero-order chi connectivity index (χ0) is 87.7. The van der Waals surface area contributed by atoms with Crippen LogP contribution in [-0.2, 0) is 72.5 Å². The molecule has 3 aromatic carbocycles. The molecule has 5 N–H and O–H groups in total. The van der Waals surface area contributed by atoms with Crippen LogP contribution < -0.4 is 21.7 Å². The molecular weight excluding hydrogens is 1690 g/mol. The molecule has 8 aromatic heterocycles. The number of halogens is 7. The van der Waals surface area contributed by atoms with E-state index in [1.807, 2.05) is 87.5 Å². The van der Waals surface area contributed by atoms with Gasteiger partial charge >= 0.3 is 0 Å². The highest BCUT2D eigenvalue weighted by Gasteiger charge is 2.35. The zero-order valence-electron chi connectivity index (χ0n) is 69.4. The number of aliphatic imine (C=N–C) groups is 1. The molecule has 0 spiro atoms. The van der Waals surface area contributed by atoms with E-state index in [9.17, 15) is 51.6 Å². The van der Waals surface area contributed by atoms with Crippen molar-refractivity contribution in [2.45, 2.75) is 201 Å². The third-order valence-electron chi connectivity index (χ3n) is 21.8. The Hall–Kier alpha value is -10.1. The SMILES string of the molecule is CS(=O)(=O)c1cc(C2CCCCO2)ccc1Nc1cc(Cl)nc2c1nc(C(F)F)n2C1CCCCO1.Cc1cccc(Cc2cc(Nc3ccc(C4CCCCO4)cc3S(C)(=O)=O)c3c(n2)CC(C(F)F)=N3)n1.Cc1cccc(Cc2cc(Nc3ccc(C4CCCCO4)cc3S(C)(=O)=O)c3nc(C(F)F)n(C4CCCCO4)c3n2)n1.Cc1cccc(N)n1. The molecule has 0 radical (unpaired) electrons. The number of nitrogens with two attached hydrogens (primary N) is 1. The molecule has 5 atom stereocenters. The Morgan fingerprint density at radius 2 is 0.806 bits per heavy atom. The van der Waals surface area contributed by atoms with Crippen molar-refractivity contribution in [1.82, 2.24) is 49.0 Å². The van der Waals surface area contributed by atoms with E-state index < -0.39 is 72.9 Å². The summed E-state index contributed by atoms with van der Waals surface area (Å²) in [6.07, 6.45) is 6.81. The summed E-state index contributed by atoms with van der Waals surface area (Å²) >= 11 is 6.29. The molecule has 5 saturated heterocycles. The largest absolute Gasteiger partial charge is 0.384 e. The van der Waals surface area contributed by atoms with Gasteiger partial charge in [0.15, 0.2) is 52.5 Å². The zero-order valence-corrected chi connectivity index (χ0v) is 72.6. The molecule has 6 aliphatic rings.